The Kier molecular flexibility index (Phi) is 3.62. The van der Waals surface area contributed by atoms with Crippen LogP contribution < -0.4 is 11.1 Å². The molecule has 0 fully saturated rings. The number of nitrogens with one attached hydrogen (secondary N) is 1. The molecule has 3 aromatic rings. The summed E-state index contributed by atoms with van der Waals surface area (Å²) in [6.45, 7) is 0. The first kappa shape index (κ1) is 13.9. The third-order valence-electron chi connectivity index (χ3n) is 2.60. The summed E-state index contributed by atoms with van der Waals surface area (Å²) < 4.78 is 0.939. The van der Waals surface area contributed by atoms with Crippen molar-refractivity contribution in [1.29, 1.82) is 0 Å². The molecule has 110 valence electrons. The van der Waals surface area contributed by atoms with Crippen LogP contribution in [-0.4, -0.2) is 19.9 Å². The standard InChI is InChI=1S/C13H9N5O3S/c19-9-6-7-10(20)18(17-9)13-14-11(21)12(22-13)16-15-8-4-2-1-3-5-8/h1-7,21H,(H,17,19). The average Bonchev–Trinajstić information content (AvgIpc) is 2.89. The largest absolute Gasteiger partial charge is 0.491 e. The molecule has 0 spiro atoms. The van der Waals surface area contributed by atoms with Crippen molar-refractivity contribution in [3.63, 3.8) is 0 Å². The van der Waals surface area contributed by atoms with E-state index in [1.165, 1.54) is 0 Å². The smallest absolute Gasteiger partial charge is 0.272 e. The fraction of sp³-hybridized carbons (Fsp3) is 0. The molecule has 0 saturated carbocycles. The van der Waals surface area contributed by atoms with Crippen LogP contribution >= 0.6 is 11.3 Å². The summed E-state index contributed by atoms with van der Waals surface area (Å²) in [5.74, 6) is -0.365. The number of rotatable bonds is 3. The molecular formula is C13H9N5O3S. The van der Waals surface area contributed by atoms with Gasteiger partial charge in [0.25, 0.3) is 17.0 Å². The van der Waals surface area contributed by atoms with Gasteiger partial charge in [0.2, 0.25) is 10.1 Å². The van der Waals surface area contributed by atoms with Crippen LogP contribution in [0.2, 0.25) is 0 Å². The molecule has 2 N–H and O–H groups in total. The van der Waals surface area contributed by atoms with Crippen LogP contribution in [0.15, 0.2) is 62.3 Å². The summed E-state index contributed by atoms with van der Waals surface area (Å²) in [6.07, 6.45) is 0. The van der Waals surface area contributed by atoms with E-state index < -0.39 is 11.1 Å². The van der Waals surface area contributed by atoms with Gasteiger partial charge in [-0.3, -0.25) is 14.7 Å². The second kappa shape index (κ2) is 5.74. The average molecular weight is 315 g/mol. The van der Waals surface area contributed by atoms with Crippen molar-refractivity contribution in [3.05, 3.63) is 63.2 Å². The number of hydrogen-bond donors (Lipinski definition) is 2. The number of nitrogens with zero attached hydrogens (tertiary/aromatic N) is 4. The minimum Gasteiger partial charge on any atom is -0.491 e. The van der Waals surface area contributed by atoms with E-state index in [0.717, 1.165) is 28.2 Å². The summed E-state index contributed by atoms with van der Waals surface area (Å²) in [4.78, 5) is 26.8. The van der Waals surface area contributed by atoms with Gasteiger partial charge in [-0.25, -0.2) is 0 Å². The second-order valence-corrected chi connectivity index (χ2v) is 5.10. The number of H-pyrrole nitrogens is 1. The maximum atomic E-state index is 11.7. The first-order chi connectivity index (χ1) is 10.6. The molecule has 0 bridgehead atoms. The lowest BCUT2D eigenvalue weighted by molar-refractivity contribution is 0.457. The van der Waals surface area contributed by atoms with Crippen LogP contribution in [0.4, 0.5) is 10.7 Å². The van der Waals surface area contributed by atoms with Crippen LogP contribution in [-0.2, 0) is 0 Å². The SMILES string of the molecule is O=c1ccc(=O)n(-c2nc(O)c(N=Nc3ccccc3)s2)[nH]1. The first-order valence-electron chi connectivity index (χ1n) is 6.13. The number of benzene rings is 1. The van der Waals surface area contributed by atoms with E-state index in [9.17, 15) is 14.7 Å². The molecule has 0 unspecified atom stereocenters. The Balaban J connectivity index is 1.98. The molecule has 0 aliphatic rings. The van der Waals surface area contributed by atoms with Gasteiger partial charge in [-0.15, -0.1) is 10.2 Å². The fourth-order valence-corrected chi connectivity index (χ4v) is 2.37. The number of azo groups is 1. The van der Waals surface area contributed by atoms with Crippen LogP contribution in [0.3, 0.4) is 0 Å². The molecule has 0 amide bonds. The van der Waals surface area contributed by atoms with E-state index in [-0.39, 0.29) is 16.0 Å². The van der Waals surface area contributed by atoms with Gasteiger partial charge in [-0.05, 0) is 12.1 Å². The number of hydrogen-bond acceptors (Lipinski definition) is 7. The Morgan fingerprint density at radius 3 is 2.64 bits per heavy atom. The zero-order chi connectivity index (χ0) is 15.5. The summed E-state index contributed by atoms with van der Waals surface area (Å²) in [7, 11) is 0. The second-order valence-electron chi connectivity index (χ2n) is 4.14. The molecule has 8 nitrogen and oxygen atoms in total. The minimum atomic E-state index is -0.472. The van der Waals surface area contributed by atoms with Gasteiger partial charge in [-0.1, -0.05) is 29.5 Å². The van der Waals surface area contributed by atoms with E-state index in [1.54, 1.807) is 24.3 Å². The van der Waals surface area contributed by atoms with Gasteiger partial charge < -0.3 is 5.11 Å². The van der Waals surface area contributed by atoms with E-state index in [1.807, 2.05) is 6.07 Å². The number of aromatic nitrogens is 3. The highest BCUT2D eigenvalue weighted by molar-refractivity contribution is 7.18. The Bertz CT molecular complexity index is 942. The van der Waals surface area contributed by atoms with E-state index in [4.69, 9.17) is 0 Å². The summed E-state index contributed by atoms with van der Waals surface area (Å²) >= 11 is 0.926. The molecule has 9 heteroatoms. The summed E-state index contributed by atoms with van der Waals surface area (Å²) in [5.41, 5.74) is -0.316. The van der Waals surface area contributed by atoms with Crippen molar-refractivity contribution in [2.45, 2.75) is 0 Å². The lowest BCUT2D eigenvalue weighted by atomic mass is 10.3. The molecule has 0 atom stereocenters. The quantitative estimate of drug-likeness (QED) is 0.720. The van der Waals surface area contributed by atoms with Crippen molar-refractivity contribution in [3.8, 4) is 11.0 Å². The number of thiazole rings is 1. The van der Waals surface area contributed by atoms with Gasteiger partial charge in [-0.2, -0.15) is 9.67 Å². The van der Waals surface area contributed by atoms with Crippen LogP contribution in [0.25, 0.3) is 5.13 Å². The first-order valence-corrected chi connectivity index (χ1v) is 6.94. The lowest BCUT2D eigenvalue weighted by Crippen LogP contribution is -2.26. The number of aromatic hydroxyl groups is 1. The van der Waals surface area contributed by atoms with Gasteiger partial charge >= 0.3 is 0 Å². The molecule has 2 heterocycles. The minimum absolute atomic E-state index is 0.0993. The van der Waals surface area contributed by atoms with E-state index in [2.05, 4.69) is 20.3 Å². The molecule has 0 saturated heterocycles. The Morgan fingerprint density at radius 1 is 1.09 bits per heavy atom. The van der Waals surface area contributed by atoms with Crippen LogP contribution in [0.1, 0.15) is 0 Å². The number of aromatic amines is 1. The third-order valence-corrected chi connectivity index (χ3v) is 3.52. The molecule has 0 aliphatic carbocycles. The van der Waals surface area contributed by atoms with Crippen molar-refractivity contribution in [1.82, 2.24) is 14.8 Å². The fourth-order valence-electron chi connectivity index (χ4n) is 1.62. The van der Waals surface area contributed by atoms with Crippen LogP contribution in [0.5, 0.6) is 5.88 Å². The molecule has 2 aromatic heterocycles. The third kappa shape index (κ3) is 2.83. The van der Waals surface area contributed by atoms with Gasteiger partial charge in [0.05, 0.1) is 5.69 Å². The molecule has 1 aromatic carbocycles. The maximum absolute atomic E-state index is 11.7. The molecule has 0 radical (unpaired) electrons. The molecular weight excluding hydrogens is 306 g/mol. The van der Waals surface area contributed by atoms with E-state index >= 15 is 0 Å². The predicted molar refractivity (Wildman–Crippen MR) is 80.6 cm³/mol. The monoisotopic (exact) mass is 315 g/mol. The molecule has 0 aliphatic heterocycles. The lowest BCUT2D eigenvalue weighted by Gasteiger charge is -1.97. The molecule has 3 rings (SSSR count). The Labute approximate surface area is 127 Å². The van der Waals surface area contributed by atoms with Crippen molar-refractivity contribution in [2.75, 3.05) is 0 Å². The van der Waals surface area contributed by atoms with E-state index in [0.29, 0.717) is 5.69 Å². The zero-order valence-corrected chi connectivity index (χ0v) is 11.8. The topological polar surface area (TPSA) is 113 Å². The van der Waals surface area contributed by atoms with Crippen LogP contribution in [0, 0.1) is 0 Å². The zero-order valence-electron chi connectivity index (χ0n) is 11.0. The highest BCUT2D eigenvalue weighted by atomic mass is 32.1. The Morgan fingerprint density at radius 2 is 1.86 bits per heavy atom. The summed E-state index contributed by atoms with van der Waals surface area (Å²) in [5, 5.41) is 20.2. The predicted octanol–water partition coefficient (Wildman–Crippen LogP) is 2.10. The normalized spacial score (nSPS) is 11.1. The van der Waals surface area contributed by atoms with Gasteiger partial charge in [0, 0.05) is 12.1 Å². The summed E-state index contributed by atoms with van der Waals surface area (Å²) in [6, 6.07) is 11.2. The Hall–Kier alpha value is -3.07. The molecule has 22 heavy (non-hydrogen) atoms. The van der Waals surface area contributed by atoms with Crippen molar-refractivity contribution >= 4 is 22.0 Å². The highest BCUT2D eigenvalue weighted by Gasteiger charge is 2.13. The van der Waals surface area contributed by atoms with Gasteiger partial charge in [0.1, 0.15) is 0 Å². The maximum Gasteiger partial charge on any atom is 0.272 e. The van der Waals surface area contributed by atoms with Crippen molar-refractivity contribution in [2.24, 2.45) is 10.2 Å². The highest BCUT2D eigenvalue weighted by Crippen LogP contribution is 2.35. The van der Waals surface area contributed by atoms with Gasteiger partial charge in [0.15, 0.2) is 0 Å². The van der Waals surface area contributed by atoms with Crippen molar-refractivity contribution < 1.29 is 5.11 Å².